The van der Waals surface area contributed by atoms with Crippen LogP contribution in [0, 0.1) is 5.82 Å². The molecule has 2 nitrogen and oxygen atoms in total. The normalized spacial score (nSPS) is 13.4. The molecule has 1 N–H and O–H groups in total. The van der Waals surface area contributed by atoms with Gasteiger partial charge in [-0.1, -0.05) is 12.1 Å². The van der Waals surface area contributed by atoms with E-state index >= 15 is 0 Å². The number of benzene rings is 1. The van der Waals surface area contributed by atoms with Crippen molar-refractivity contribution in [3.8, 4) is 0 Å². The van der Waals surface area contributed by atoms with E-state index in [0.717, 1.165) is 11.1 Å². The molecular formula is C11H12FNO. The Morgan fingerprint density at radius 1 is 1.43 bits per heavy atom. The van der Waals surface area contributed by atoms with E-state index in [1.165, 1.54) is 6.07 Å². The minimum Gasteiger partial charge on any atom is -0.456 e. The van der Waals surface area contributed by atoms with Gasteiger partial charge in [-0.25, -0.2) is 4.39 Å². The number of furan rings is 1. The number of para-hydroxylation sites is 1. The van der Waals surface area contributed by atoms with E-state index in [9.17, 15) is 4.39 Å². The van der Waals surface area contributed by atoms with E-state index in [-0.39, 0.29) is 11.9 Å². The molecule has 0 aliphatic carbocycles. The van der Waals surface area contributed by atoms with Gasteiger partial charge in [0.2, 0.25) is 0 Å². The molecule has 1 atom stereocenters. The lowest BCUT2D eigenvalue weighted by atomic mass is 10.2. The van der Waals surface area contributed by atoms with Crippen LogP contribution in [0.4, 0.5) is 4.39 Å². The summed E-state index contributed by atoms with van der Waals surface area (Å²) in [4.78, 5) is 0. The predicted molar refractivity (Wildman–Crippen MR) is 53.6 cm³/mol. The van der Waals surface area contributed by atoms with E-state index in [4.69, 9.17) is 4.42 Å². The van der Waals surface area contributed by atoms with Crippen LogP contribution in [0.3, 0.4) is 0 Å². The molecule has 0 fully saturated rings. The SMILES string of the molecule is CNC(C)c1cc2cccc(F)c2o1. The first-order valence-electron chi connectivity index (χ1n) is 4.57. The number of rotatable bonds is 2. The minimum absolute atomic E-state index is 0.0989. The molecule has 1 aromatic heterocycles. The summed E-state index contributed by atoms with van der Waals surface area (Å²) >= 11 is 0. The molecule has 14 heavy (non-hydrogen) atoms. The fourth-order valence-corrected chi connectivity index (χ4v) is 1.40. The highest BCUT2D eigenvalue weighted by Crippen LogP contribution is 2.25. The first-order valence-corrected chi connectivity index (χ1v) is 4.57. The minimum atomic E-state index is -0.308. The zero-order valence-electron chi connectivity index (χ0n) is 8.17. The monoisotopic (exact) mass is 193 g/mol. The van der Waals surface area contributed by atoms with E-state index in [1.807, 2.05) is 26.1 Å². The number of hydrogen-bond donors (Lipinski definition) is 1. The van der Waals surface area contributed by atoms with Crippen molar-refractivity contribution in [3.63, 3.8) is 0 Å². The van der Waals surface area contributed by atoms with Crippen LogP contribution in [0.5, 0.6) is 0 Å². The summed E-state index contributed by atoms with van der Waals surface area (Å²) < 4.78 is 18.7. The van der Waals surface area contributed by atoms with Gasteiger partial charge in [-0.3, -0.25) is 0 Å². The number of fused-ring (bicyclic) bond motifs is 1. The van der Waals surface area contributed by atoms with Gasteiger partial charge in [0, 0.05) is 5.39 Å². The lowest BCUT2D eigenvalue weighted by Gasteiger charge is -2.04. The molecule has 1 unspecified atom stereocenters. The molecule has 2 rings (SSSR count). The molecule has 0 saturated heterocycles. The maximum atomic E-state index is 13.3. The maximum Gasteiger partial charge on any atom is 0.169 e. The third kappa shape index (κ3) is 1.40. The molecule has 0 amide bonds. The second kappa shape index (κ2) is 3.42. The Morgan fingerprint density at radius 2 is 2.21 bits per heavy atom. The zero-order chi connectivity index (χ0) is 10.1. The summed E-state index contributed by atoms with van der Waals surface area (Å²) in [5.74, 6) is 0.449. The van der Waals surface area contributed by atoms with Crippen LogP contribution in [-0.4, -0.2) is 7.05 Å². The van der Waals surface area contributed by atoms with Crippen molar-refractivity contribution < 1.29 is 8.81 Å². The van der Waals surface area contributed by atoms with Gasteiger partial charge in [0.15, 0.2) is 11.4 Å². The summed E-state index contributed by atoms with van der Waals surface area (Å²) in [5.41, 5.74) is 0.338. The van der Waals surface area contributed by atoms with Crippen LogP contribution >= 0.6 is 0 Å². The van der Waals surface area contributed by atoms with Crippen molar-refractivity contribution in [2.45, 2.75) is 13.0 Å². The van der Waals surface area contributed by atoms with Gasteiger partial charge in [-0.2, -0.15) is 0 Å². The van der Waals surface area contributed by atoms with Gasteiger partial charge in [-0.05, 0) is 26.1 Å². The van der Waals surface area contributed by atoms with Gasteiger partial charge in [0.05, 0.1) is 6.04 Å². The third-order valence-corrected chi connectivity index (χ3v) is 2.37. The molecule has 0 radical (unpaired) electrons. The fourth-order valence-electron chi connectivity index (χ4n) is 1.40. The fraction of sp³-hybridized carbons (Fsp3) is 0.273. The smallest absolute Gasteiger partial charge is 0.169 e. The highest BCUT2D eigenvalue weighted by atomic mass is 19.1. The van der Waals surface area contributed by atoms with Gasteiger partial charge in [-0.15, -0.1) is 0 Å². The summed E-state index contributed by atoms with van der Waals surface area (Å²) in [6.45, 7) is 1.97. The lowest BCUT2D eigenvalue weighted by molar-refractivity contribution is 0.462. The number of hydrogen-bond acceptors (Lipinski definition) is 2. The number of halogens is 1. The molecule has 0 aliphatic rings. The van der Waals surface area contributed by atoms with Crippen LogP contribution < -0.4 is 5.32 Å². The molecule has 0 aliphatic heterocycles. The van der Waals surface area contributed by atoms with Crippen molar-refractivity contribution in [3.05, 3.63) is 35.8 Å². The van der Waals surface area contributed by atoms with Crippen molar-refractivity contribution >= 4 is 11.0 Å². The third-order valence-electron chi connectivity index (χ3n) is 2.37. The summed E-state index contributed by atoms with van der Waals surface area (Å²) in [6, 6.07) is 6.88. The first kappa shape index (κ1) is 9.21. The zero-order valence-corrected chi connectivity index (χ0v) is 8.17. The van der Waals surface area contributed by atoms with E-state index in [2.05, 4.69) is 5.32 Å². The molecule has 0 saturated carbocycles. The van der Waals surface area contributed by atoms with Gasteiger partial charge >= 0.3 is 0 Å². The Balaban J connectivity index is 2.56. The van der Waals surface area contributed by atoms with Crippen molar-refractivity contribution in [2.24, 2.45) is 0 Å². The van der Waals surface area contributed by atoms with Crippen LogP contribution in [-0.2, 0) is 0 Å². The van der Waals surface area contributed by atoms with Crippen LogP contribution in [0.2, 0.25) is 0 Å². The average molecular weight is 193 g/mol. The lowest BCUT2D eigenvalue weighted by Crippen LogP contribution is -2.10. The van der Waals surface area contributed by atoms with Crippen LogP contribution in [0.1, 0.15) is 18.7 Å². The molecule has 0 spiro atoms. The quantitative estimate of drug-likeness (QED) is 0.793. The Hall–Kier alpha value is -1.35. The van der Waals surface area contributed by atoms with Gasteiger partial charge in [0.1, 0.15) is 5.76 Å². The summed E-state index contributed by atoms with van der Waals surface area (Å²) in [7, 11) is 1.84. The molecule has 1 heterocycles. The largest absolute Gasteiger partial charge is 0.456 e. The molecule has 2 aromatic rings. The molecule has 3 heteroatoms. The van der Waals surface area contributed by atoms with Crippen molar-refractivity contribution in [2.75, 3.05) is 7.05 Å². The predicted octanol–water partition coefficient (Wildman–Crippen LogP) is 2.85. The highest BCUT2D eigenvalue weighted by molar-refractivity contribution is 5.78. The van der Waals surface area contributed by atoms with E-state index in [1.54, 1.807) is 6.07 Å². The van der Waals surface area contributed by atoms with Crippen LogP contribution in [0.15, 0.2) is 28.7 Å². The van der Waals surface area contributed by atoms with Gasteiger partial charge in [0.25, 0.3) is 0 Å². The van der Waals surface area contributed by atoms with Crippen LogP contribution in [0.25, 0.3) is 11.0 Å². The Kier molecular flexibility index (Phi) is 2.25. The second-order valence-electron chi connectivity index (χ2n) is 3.32. The van der Waals surface area contributed by atoms with Crippen molar-refractivity contribution in [1.29, 1.82) is 0 Å². The standard InChI is InChI=1S/C11H12FNO/c1-7(13-2)10-6-8-4-3-5-9(12)11(8)14-10/h3-7,13H,1-2H3. The second-order valence-corrected chi connectivity index (χ2v) is 3.32. The van der Waals surface area contributed by atoms with E-state index in [0.29, 0.717) is 5.58 Å². The molecule has 1 aromatic carbocycles. The highest BCUT2D eigenvalue weighted by Gasteiger charge is 2.11. The molecule has 74 valence electrons. The Labute approximate surface area is 81.7 Å². The maximum absolute atomic E-state index is 13.3. The van der Waals surface area contributed by atoms with E-state index < -0.39 is 0 Å². The molecular weight excluding hydrogens is 181 g/mol. The first-order chi connectivity index (χ1) is 6.72. The van der Waals surface area contributed by atoms with Gasteiger partial charge < -0.3 is 9.73 Å². The Bertz CT molecular complexity index is 449. The van der Waals surface area contributed by atoms with Crippen molar-refractivity contribution in [1.82, 2.24) is 5.32 Å². The summed E-state index contributed by atoms with van der Waals surface area (Å²) in [5, 5.41) is 3.85. The molecule has 0 bridgehead atoms. The average Bonchev–Trinajstić information content (AvgIpc) is 2.62. The number of nitrogens with one attached hydrogen (secondary N) is 1. The Morgan fingerprint density at radius 3 is 2.86 bits per heavy atom. The topological polar surface area (TPSA) is 25.2 Å². The summed E-state index contributed by atoms with van der Waals surface area (Å²) in [6.07, 6.45) is 0.